The van der Waals surface area contributed by atoms with E-state index in [0.717, 1.165) is 27.8 Å². The van der Waals surface area contributed by atoms with Gasteiger partial charge in [-0.3, -0.25) is 9.97 Å². The van der Waals surface area contributed by atoms with Gasteiger partial charge in [0.2, 0.25) is 0 Å². The maximum atomic E-state index is 5.66. The maximum absolute atomic E-state index is 5.66. The Balaban J connectivity index is 2.63. The lowest BCUT2D eigenvalue weighted by molar-refractivity contribution is 0.664. The Kier molecular flexibility index (Phi) is 1.36. The van der Waals surface area contributed by atoms with E-state index in [9.17, 15) is 0 Å². The fraction of sp³-hybridized carbons (Fsp3) is 0.0909. The standard InChI is InChI=1S/C11H8N2O/c1-7-4-6-13-10-9-8(14-11(7)10)3-2-5-12-9/h2-6H,1H3. The van der Waals surface area contributed by atoms with Crippen molar-refractivity contribution in [2.45, 2.75) is 6.92 Å². The summed E-state index contributed by atoms with van der Waals surface area (Å²) in [4.78, 5) is 8.53. The third-order valence-corrected chi connectivity index (χ3v) is 2.31. The van der Waals surface area contributed by atoms with Crippen LogP contribution >= 0.6 is 0 Å². The average molecular weight is 184 g/mol. The smallest absolute Gasteiger partial charge is 0.158 e. The zero-order chi connectivity index (χ0) is 9.54. The lowest BCUT2D eigenvalue weighted by Gasteiger charge is -1.90. The highest BCUT2D eigenvalue weighted by atomic mass is 16.3. The van der Waals surface area contributed by atoms with Crippen LogP contribution in [0.15, 0.2) is 35.0 Å². The quantitative estimate of drug-likeness (QED) is 0.539. The monoisotopic (exact) mass is 184 g/mol. The van der Waals surface area contributed by atoms with Crippen molar-refractivity contribution in [2.75, 3.05) is 0 Å². The number of hydrogen-bond acceptors (Lipinski definition) is 3. The molecule has 0 aromatic carbocycles. The molecule has 0 saturated heterocycles. The van der Waals surface area contributed by atoms with E-state index in [2.05, 4.69) is 9.97 Å². The SMILES string of the molecule is Cc1ccnc2c1oc1cccnc12. The first-order valence-electron chi connectivity index (χ1n) is 4.45. The van der Waals surface area contributed by atoms with Crippen molar-refractivity contribution in [3.63, 3.8) is 0 Å². The summed E-state index contributed by atoms with van der Waals surface area (Å²) in [5.41, 5.74) is 4.41. The second kappa shape index (κ2) is 2.54. The van der Waals surface area contributed by atoms with Gasteiger partial charge >= 0.3 is 0 Å². The molecule has 3 heteroatoms. The molecule has 0 atom stereocenters. The van der Waals surface area contributed by atoms with Crippen LogP contribution in [0.1, 0.15) is 5.56 Å². The first kappa shape index (κ1) is 7.50. The fourth-order valence-corrected chi connectivity index (χ4v) is 1.60. The fourth-order valence-electron chi connectivity index (χ4n) is 1.60. The molecule has 3 heterocycles. The maximum Gasteiger partial charge on any atom is 0.158 e. The van der Waals surface area contributed by atoms with Crippen LogP contribution in [0.2, 0.25) is 0 Å². The normalized spacial score (nSPS) is 11.2. The number of fused-ring (bicyclic) bond motifs is 3. The van der Waals surface area contributed by atoms with Gasteiger partial charge in [-0.15, -0.1) is 0 Å². The Morgan fingerprint density at radius 2 is 1.93 bits per heavy atom. The lowest BCUT2D eigenvalue weighted by atomic mass is 10.2. The van der Waals surface area contributed by atoms with Gasteiger partial charge in [0, 0.05) is 12.4 Å². The summed E-state index contributed by atoms with van der Waals surface area (Å²) in [6.07, 6.45) is 3.53. The highest BCUT2D eigenvalue weighted by Gasteiger charge is 2.09. The number of aryl methyl sites for hydroxylation is 1. The molecule has 68 valence electrons. The summed E-state index contributed by atoms with van der Waals surface area (Å²) in [5.74, 6) is 0. The van der Waals surface area contributed by atoms with Crippen LogP contribution in [-0.2, 0) is 0 Å². The number of pyridine rings is 2. The van der Waals surface area contributed by atoms with Crippen molar-refractivity contribution in [2.24, 2.45) is 0 Å². The predicted molar refractivity (Wildman–Crippen MR) is 54.0 cm³/mol. The highest BCUT2D eigenvalue weighted by molar-refractivity contribution is 6.00. The Morgan fingerprint density at radius 1 is 1.07 bits per heavy atom. The van der Waals surface area contributed by atoms with Crippen LogP contribution in [0.25, 0.3) is 22.2 Å². The minimum Gasteiger partial charge on any atom is -0.452 e. The van der Waals surface area contributed by atoms with Gasteiger partial charge in [-0.2, -0.15) is 0 Å². The Morgan fingerprint density at radius 3 is 2.86 bits per heavy atom. The molecule has 3 aromatic rings. The first-order chi connectivity index (χ1) is 6.86. The molecule has 3 nitrogen and oxygen atoms in total. The molecule has 3 aromatic heterocycles. The van der Waals surface area contributed by atoms with Gasteiger partial charge in [0.05, 0.1) is 0 Å². The molecule has 0 aliphatic rings. The average Bonchev–Trinajstić information content (AvgIpc) is 2.59. The van der Waals surface area contributed by atoms with Gasteiger partial charge in [0.15, 0.2) is 11.2 Å². The molecule has 0 bridgehead atoms. The van der Waals surface area contributed by atoms with Gasteiger partial charge < -0.3 is 4.42 Å². The van der Waals surface area contributed by atoms with Gasteiger partial charge in [0.25, 0.3) is 0 Å². The van der Waals surface area contributed by atoms with E-state index in [1.807, 2.05) is 25.1 Å². The minimum atomic E-state index is 0.796. The van der Waals surface area contributed by atoms with Crippen LogP contribution < -0.4 is 0 Å². The van der Waals surface area contributed by atoms with Crippen LogP contribution in [0.3, 0.4) is 0 Å². The second-order valence-electron chi connectivity index (χ2n) is 3.26. The highest BCUT2D eigenvalue weighted by Crippen LogP contribution is 2.26. The van der Waals surface area contributed by atoms with Crippen molar-refractivity contribution in [3.8, 4) is 0 Å². The predicted octanol–water partition coefficient (Wildman–Crippen LogP) is 2.68. The molecule has 0 radical (unpaired) electrons. The molecule has 0 amide bonds. The molecule has 0 unspecified atom stereocenters. The van der Waals surface area contributed by atoms with E-state index < -0.39 is 0 Å². The zero-order valence-electron chi connectivity index (χ0n) is 7.69. The van der Waals surface area contributed by atoms with E-state index in [4.69, 9.17) is 4.42 Å². The lowest BCUT2D eigenvalue weighted by Crippen LogP contribution is -1.78. The number of aromatic nitrogens is 2. The van der Waals surface area contributed by atoms with Crippen LogP contribution in [-0.4, -0.2) is 9.97 Å². The topological polar surface area (TPSA) is 38.9 Å². The number of nitrogens with zero attached hydrogens (tertiary/aromatic N) is 2. The third-order valence-electron chi connectivity index (χ3n) is 2.31. The van der Waals surface area contributed by atoms with Crippen LogP contribution in [0.4, 0.5) is 0 Å². The van der Waals surface area contributed by atoms with Crippen LogP contribution in [0.5, 0.6) is 0 Å². The third kappa shape index (κ3) is 0.865. The summed E-state index contributed by atoms with van der Waals surface area (Å²) in [6.45, 7) is 2.01. The first-order valence-corrected chi connectivity index (χ1v) is 4.45. The van der Waals surface area contributed by atoms with Crippen molar-refractivity contribution < 1.29 is 4.42 Å². The van der Waals surface area contributed by atoms with Crippen molar-refractivity contribution >= 4 is 22.2 Å². The summed E-state index contributed by atoms with van der Waals surface area (Å²) < 4.78 is 5.66. The Labute approximate surface area is 80.4 Å². The van der Waals surface area contributed by atoms with Gasteiger partial charge in [-0.25, -0.2) is 0 Å². The van der Waals surface area contributed by atoms with E-state index >= 15 is 0 Å². The molecular formula is C11H8N2O. The number of rotatable bonds is 0. The van der Waals surface area contributed by atoms with E-state index in [1.54, 1.807) is 12.4 Å². The van der Waals surface area contributed by atoms with E-state index in [0.29, 0.717) is 0 Å². The summed E-state index contributed by atoms with van der Waals surface area (Å²) in [7, 11) is 0. The summed E-state index contributed by atoms with van der Waals surface area (Å²) in [6, 6.07) is 5.70. The molecule has 0 aliphatic carbocycles. The molecule has 0 fully saturated rings. The van der Waals surface area contributed by atoms with E-state index in [1.165, 1.54) is 0 Å². The largest absolute Gasteiger partial charge is 0.452 e. The molecular weight excluding hydrogens is 176 g/mol. The second-order valence-corrected chi connectivity index (χ2v) is 3.26. The van der Waals surface area contributed by atoms with Crippen molar-refractivity contribution in [1.82, 2.24) is 9.97 Å². The molecule has 14 heavy (non-hydrogen) atoms. The van der Waals surface area contributed by atoms with Gasteiger partial charge in [0.1, 0.15) is 11.0 Å². The molecule has 0 aliphatic heterocycles. The van der Waals surface area contributed by atoms with Crippen molar-refractivity contribution in [3.05, 3.63) is 36.2 Å². The molecule has 0 N–H and O–H groups in total. The number of furan rings is 1. The number of hydrogen-bond donors (Lipinski definition) is 0. The van der Waals surface area contributed by atoms with Crippen molar-refractivity contribution in [1.29, 1.82) is 0 Å². The van der Waals surface area contributed by atoms with Gasteiger partial charge in [-0.05, 0) is 30.7 Å². The minimum absolute atomic E-state index is 0.796. The Bertz CT molecular complexity index is 613. The molecule has 0 saturated carbocycles. The van der Waals surface area contributed by atoms with Crippen LogP contribution in [0, 0.1) is 6.92 Å². The summed E-state index contributed by atoms with van der Waals surface area (Å²) >= 11 is 0. The van der Waals surface area contributed by atoms with E-state index in [-0.39, 0.29) is 0 Å². The molecule has 0 spiro atoms. The zero-order valence-corrected chi connectivity index (χ0v) is 7.69. The summed E-state index contributed by atoms with van der Waals surface area (Å²) in [5, 5.41) is 0. The van der Waals surface area contributed by atoms with Gasteiger partial charge in [-0.1, -0.05) is 0 Å². The molecule has 3 rings (SSSR count). The Hall–Kier alpha value is -1.90.